The molecular formula is C27H24F3N3O4. The highest BCUT2D eigenvalue weighted by Gasteiger charge is 2.44. The Morgan fingerprint density at radius 3 is 2.46 bits per heavy atom. The molecule has 0 fully saturated rings. The summed E-state index contributed by atoms with van der Waals surface area (Å²) in [5.74, 6) is -0.700. The summed E-state index contributed by atoms with van der Waals surface area (Å²) in [4.78, 5) is 41.3. The van der Waals surface area contributed by atoms with Crippen LogP contribution >= 0.6 is 0 Å². The Morgan fingerprint density at radius 1 is 1.05 bits per heavy atom. The second kappa shape index (κ2) is 10.0. The van der Waals surface area contributed by atoms with Gasteiger partial charge in [-0.1, -0.05) is 25.1 Å². The van der Waals surface area contributed by atoms with Crippen LogP contribution in [0.4, 0.5) is 29.3 Å². The zero-order valence-corrected chi connectivity index (χ0v) is 20.1. The summed E-state index contributed by atoms with van der Waals surface area (Å²) in [5, 5.41) is 4.90. The zero-order valence-electron chi connectivity index (χ0n) is 20.1. The van der Waals surface area contributed by atoms with Crippen molar-refractivity contribution in [1.29, 1.82) is 0 Å². The van der Waals surface area contributed by atoms with Gasteiger partial charge < -0.3 is 15.4 Å². The highest BCUT2D eigenvalue weighted by atomic mass is 19.4. The number of Topliss-reactive ketones (excluding diaryl/α,β-unsaturated/α-hetero) is 1. The van der Waals surface area contributed by atoms with Crippen LogP contribution < -0.4 is 10.6 Å². The number of rotatable bonds is 5. The van der Waals surface area contributed by atoms with E-state index in [4.69, 9.17) is 4.74 Å². The molecule has 2 amide bonds. The van der Waals surface area contributed by atoms with Crippen LogP contribution in [-0.4, -0.2) is 28.4 Å². The summed E-state index contributed by atoms with van der Waals surface area (Å²) in [7, 11) is 0. The molecule has 1 atom stereocenters. The predicted octanol–water partition coefficient (Wildman–Crippen LogP) is 6.25. The van der Waals surface area contributed by atoms with E-state index in [1.807, 2.05) is 13.0 Å². The molecule has 1 aliphatic rings. The molecule has 10 heteroatoms. The van der Waals surface area contributed by atoms with E-state index in [-0.39, 0.29) is 11.5 Å². The molecule has 0 saturated carbocycles. The van der Waals surface area contributed by atoms with Crippen LogP contribution in [0.1, 0.15) is 48.2 Å². The van der Waals surface area contributed by atoms with Gasteiger partial charge in [0.15, 0.2) is 5.60 Å². The number of esters is 1. The molecule has 4 rings (SSSR count). The summed E-state index contributed by atoms with van der Waals surface area (Å²) in [6.07, 6.45) is -1.74. The Hall–Kier alpha value is -4.21. The first-order valence-electron chi connectivity index (χ1n) is 11.6. The number of aryl methyl sites for hydroxylation is 1. The number of fused-ring (bicyclic) bond motifs is 1. The van der Waals surface area contributed by atoms with E-state index in [1.165, 1.54) is 25.3 Å². The monoisotopic (exact) mass is 511 g/mol. The van der Waals surface area contributed by atoms with E-state index in [1.54, 1.807) is 24.3 Å². The molecule has 1 unspecified atom stereocenters. The maximum Gasteiger partial charge on any atom is 0.416 e. The average molecular weight is 512 g/mol. The van der Waals surface area contributed by atoms with Gasteiger partial charge in [-0.3, -0.25) is 14.6 Å². The van der Waals surface area contributed by atoms with E-state index in [0.29, 0.717) is 36.2 Å². The molecule has 0 spiro atoms. The number of hydrogen-bond acceptors (Lipinski definition) is 5. The molecule has 192 valence electrons. The summed E-state index contributed by atoms with van der Waals surface area (Å²) in [6.45, 7) is 3.11. The van der Waals surface area contributed by atoms with Crippen LogP contribution in [0.15, 0.2) is 60.8 Å². The molecule has 0 saturated heterocycles. The third-order valence-electron chi connectivity index (χ3n) is 6.24. The second-order valence-corrected chi connectivity index (χ2v) is 8.73. The maximum atomic E-state index is 13.1. The van der Waals surface area contributed by atoms with E-state index < -0.39 is 29.3 Å². The van der Waals surface area contributed by atoms with Gasteiger partial charge in [0.1, 0.15) is 0 Å². The van der Waals surface area contributed by atoms with Gasteiger partial charge in [0.05, 0.1) is 23.1 Å². The molecule has 1 heterocycles. The number of halogens is 3. The number of pyridine rings is 1. The summed E-state index contributed by atoms with van der Waals surface area (Å²) < 4.78 is 44.0. The first kappa shape index (κ1) is 25.9. The molecule has 2 N–H and O–H groups in total. The van der Waals surface area contributed by atoms with Crippen molar-refractivity contribution < 1.29 is 32.3 Å². The minimum Gasteiger partial charge on any atom is -0.451 e. The largest absolute Gasteiger partial charge is 0.451 e. The average Bonchev–Trinajstić information content (AvgIpc) is 2.85. The van der Waals surface area contributed by atoms with Gasteiger partial charge in [0, 0.05) is 23.7 Å². The van der Waals surface area contributed by atoms with Crippen molar-refractivity contribution in [2.75, 3.05) is 10.6 Å². The first-order valence-corrected chi connectivity index (χ1v) is 11.6. The lowest BCUT2D eigenvalue weighted by Gasteiger charge is -2.35. The fraction of sp³-hybridized carbons (Fsp3) is 0.259. The topological polar surface area (TPSA) is 97.4 Å². The number of urea groups is 1. The van der Waals surface area contributed by atoms with Crippen LogP contribution in [0.2, 0.25) is 0 Å². The first-order chi connectivity index (χ1) is 17.5. The number of amides is 2. The number of carbonyl (C=O) groups excluding carboxylic acids is 3. The quantitative estimate of drug-likeness (QED) is 0.395. The molecule has 2 aromatic carbocycles. The minimum absolute atomic E-state index is 0.00121. The van der Waals surface area contributed by atoms with E-state index >= 15 is 0 Å². The Morgan fingerprint density at radius 2 is 1.81 bits per heavy atom. The Labute approximate surface area is 211 Å². The lowest BCUT2D eigenvalue weighted by atomic mass is 9.77. The number of alkyl halides is 3. The lowest BCUT2D eigenvalue weighted by molar-refractivity contribution is -0.153. The number of ketones is 1. The zero-order chi connectivity index (χ0) is 26.8. The van der Waals surface area contributed by atoms with Gasteiger partial charge in [-0.2, -0.15) is 13.2 Å². The Balaban J connectivity index is 1.45. The Bertz CT molecular complexity index is 1360. The van der Waals surface area contributed by atoms with Gasteiger partial charge in [0.2, 0.25) is 5.78 Å². The molecule has 0 aliphatic heterocycles. The van der Waals surface area contributed by atoms with Crippen molar-refractivity contribution in [3.8, 4) is 11.3 Å². The molecule has 3 aromatic rings. The van der Waals surface area contributed by atoms with Crippen molar-refractivity contribution in [3.63, 3.8) is 0 Å². The van der Waals surface area contributed by atoms with Crippen molar-refractivity contribution in [1.82, 2.24) is 4.98 Å². The summed E-state index contributed by atoms with van der Waals surface area (Å²) in [5.41, 5.74) is 1.06. The highest BCUT2D eigenvalue weighted by molar-refractivity contribution is 6.06. The van der Waals surface area contributed by atoms with Crippen LogP contribution in [0.3, 0.4) is 0 Å². The fourth-order valence-electron chi connectivity index (χ4n) is 4.36. The summed E-state index contributed by atoms with van der Waals surface area (Å²) in [6, 6.07) is 12.2. The van der Waals surface area contributed by atoms with Gasteiger partial charge in [-0.05, 0) is 61.2 Å². The third-order valence-corrected chi connectivity index (χ3v) is 6.24. The van der Waals surface area contributed by atoms with Gasteiger partial charge >= 0.3 is 18.2 Å². The lowest BCUT2D eigenvalue weighted by Crippen LogP contribution is -2.45. The Kier molecular flexibility index (Phi) is 7.02. The van der Waals surface area contributed by atoms with Gasteiger partial charge in [0.25, 0.3) is 0 Å². The van der Waals surface area contributed by atoms with Crippen LogP contribution in [-0.2, 0) is 22.1 Å². The van der Waals surface area contributed by atoms with E-state index in [9.17, 15) is 27.6 Å². The molecule has 1 aliphatic carbocycles. The number of nitrogens with one attached hydrogen (secondary N) is 2. The predicted molar refractivity (Wildman–Crippen MR) is 131 cm³/mol. The molecule has 7 nitrogen and oxygen atoms in total. The van der Waals surface area contributed by atoms with Gasteiger partial charge in [-0.15, -0.1) is 0 Å². The molecule has 0 bridgehead atoms. The van der Waals surface area contributed by atoms with E-state index in [2.05, 4.69) is 15.6 Å². The normalized spacial score (nSPS) is 17.1. The van der Waals surface area contributed by atoms with Gasteiger partial charge in [-0.25, -0.2) is 4.79 Å². The van der Waals surface area contributed by atoms with Crippen LogP contribution in [0, 0.1) is 0 Å². The van der Waals surface area contributed by atoms with Crippen LogP contribution in [0.25, 0.3) is 11.3 Å². The van der Waals surface area contributed by atoms with Crippen molar-refractivity contribution in [3.05, 3.63) is 77.5 Å². The number of ether oxygens (including phenoxy) is 1. The number of carbonyl (C=O) groups is 3. The molecule has 37 heavy (non-hydrogen) atoms. The molecule has 0 radical (unpaired) electrons. The van der Waals surface area contributed by atoms with Crippen LogP contribution in [0.5, 0.6) is 0 Å². The number of hydrogen-bond donors (Lipinski definition) is 2. The maximum absolute atomic E-state index is 13.1. The standard InChI is InChI=1S/C27H24F3N3O4/c1-3-26(37-16(2)34)12-11-17-13-18(7-9-22(17)24(26)35)23-10-8-21(15-31-23)33-25(36)32-20-6-4-5-19(14-20)27(28,29)30/h4-10,13-15H,3,11-12H2,1-2H3,(H2,32,33,36). The number of aromatic nitrogens is 1. The number of benzene rings is 2. The molecule has 1 aromatic heterocycles. The SMILES string of the molecule is CCC1(OC(C)=O)CCc2cc(-c3ccc(NC(=O)Nc4cccc(C(F)(F)F)c4)cn3)ccc2C1=O. The molecular weight excluding hydrogens is 487 g/mol. The van der Waals surface area contributed by atoms with Crippen molar-refractivity contribution >= 4 is 29.2 Å². The highest BCUT2D eigenvalue weighted by Crippen LogP contribution is 2.36. The third kappa shape index (κ3) is 5.63. The minimum atomic E-state index is -4.51. The number of anilines is 2. The fourth-order valence-corrected chi connectivity index (χ4v) is 4.36. The van der Waals surface area contributed by atoms with Crippen molar-refractivity contribution in [2.24, 2.45) is 0 Å². The number of nitrogens with zero attached hydrogens (tertiary/aromatic N) is 1. The van der Waals surface area contributed by atoms with E-state index in [0.717, 1.165) is 23.3 Å². The smallest absolute Gasteiger partial charge is 0.416 e. The second-order valence-electron chi connectivity index (χ2n) is 8.73. The van der Waals surface area contributed by atoms with Crippen molar-refractivity contribution in [2.45, 2.75) is 44.9 Å². The summed E-state index contributed by atoms with van der Waals surface area (Å²) >= 11 is 0.